The maximum Gasteiger partial charge on any atom is 0.341 e. The normalized spacial score (nSPS) is 10.0. The fourth-order valence-corrected chi connectivity index (χ4v) is 2.21. The number of ether oxygens (including phenoxy) is 1. The molecular formula is C18H17N3O5. The number of nitrogens with zero attached hydrogens (tertiary/aromatic N) is 2. The number of anilines is 2. The Hall–Kier alpha value is -3.68. The van der Waals surface area contributed by atoms with Crippen molar-refractivity contribution in [1.29, 1.82) is 0 Å². The number of carbonyl (C=O) groups is 2. The molecule has 26 heavy (non-hydrogen) atoms. The molecule has 0 aliphatic rings. The van der Waals surface area contributed by atoms with Gasteiger partial charge in [-0.15, -0.1) is 6.58 Å². The highest BCUT2D eigenvalue weighted by Crippen LogP contribution is 2.20. The summed E-state index contributed by atoms with van der Waals surface area (Å²) in [7, 11) is 0. The van der Waals surface area contributed by atoms with E-state index in [1.165, 1.54) is 17.0 Å². The van der Waals surface area contributed by atoms with Gasteiger partial charge in [0.05, 0.1) is 10.5 Å². The Balaban J connectivity index is 2.10. The summed E-state index contributed by atoms with van der Waals surface area (Å²) in [5.74, 6) is -1.38. The molecule has 0 radical (unpaired) electrons. The van der Waals surface area contributed by atoms with Gasteiger partial charge in [0.2, 0.25) is 0 Å². The number of benzene rings is 2. The van der Waals surface area contributed by atoms with Gasteiger partial charge in [0.25, 0.3) is 11.6 Å². The lowest BCUT2D eigenvalue weighted by Crippen LogP contribution is -2.35. The molecule has 0 unspecified atom stereocenters. The van der Waals surface area contributed by atoms with E-state index in [0.29, 0.717) is 5.69 Å². The molecule has 2 aromatic carbocycles. The van der Waals surface area contributed by atoms with Gasteiger partial charge in [-0.3, -0.25) is 14.9 Å². The predicted octanol–water partition coefficient (Wildman–Crippen LogP) is 2.55. The lowest BCUT2D eigenvalue weighted by atomic mass is 10.1. The minimum Gasteiger partial charge on any atom is -0.452 e. The highest BCUT2D eigenvalue weighted by atomic mass is 16.6. The van der Waals surface area contributed by atoms with E-state index in [1.807, 2.05) is 6.07 Å². The molecule has 2 aromatic rings. The van der Waals surface area contributed by atoms with Gasteiger partial charge in [-0.25, -0.2) is 4.79 Å². The standard InChI is InChI=1S/C18H17N3O5/c1-2-10-20(13-6-4-3-5-7-13)17(22)12-26-18(23)15-11-14(21(24)25)8-9-16(15)19/h2-9,11H,1,10,12,19H2. The highest BCUT2D eigenvalue weighted by molar-refractivity contribution is 5.99. The fourth-order valence-electron chi connectivity index (χ4n) is 2.21. The number of carbonyl (C=O) groups excluding carboxylic acids is 2. The van der Waals surface area contributed by atoms with Crippen molar-refractivity contribution in [3.05, 3.63) is 76.9 Å². The number of hydrogen-bond donors (Lipinski definition) is 1. The number of rotatable bonds is 7. The van der Waals surface area contributed by atoms with Crippen LogP contribution >= 0.6 is 0 Å². The molecule has 0 heterocycles. The molecule has 0 saturated heterocycles. The Morgan fingerprint density at radius 3 is 2.54 bits per heavy atom. The number of amides is 1. The number of hydrogen-bond acceptors (Lipinski definition) is 6. The molecule has 0 aliphatic carbocycles. The van der Waals surface area contributed by atoms with Crippen molar-refractivity contribution in [3.8, 4) is 0 Å². The van der Waals surface area contributed by atoms with Crippen LogP contribution in [0.15, 0.2) is 61.2 Å². The van der Waals surface area contributed by atoms with Crippen LogP contribution in [0.3, 0.4) is 0 Å². The Morgan fingerprint density at radius 1 is 1.23 bits per heavy atom. The molecule has 0 aliphatic heterocycles. The SMILES string of the molecule is C=CCN(C(=O)COC(=O)c1cc([N+](=O)[O-])ccc1N)c1ccccc1. The average Bonchev–Trinajstić information content (AvgIpc) is 2.64. The number of para-hydroxylation sites is 1. The molecule has 8 heteroatoms. The third-order valence-electron chi connectivity index (χ3n) is 3.47. The van der Waals surface area contributed by atoms with E-state index >= 15 is 0 Å². The lowest BCUT2D eigenvalue weighted by Gasteiger charge is -2.21. The number of esters is 1. The highest BCUT2D eigenvalue weighted by Gasteiger charge is 2.20. The van der Waals surface area contributed by atoms with Crippen molar-refractivity contribution in [1.82, 2.24) is 0 Å². The summed E-state index contributed by atoms with van der Waals surface area (Å²) < 4.78 is 4.99. The molecule has 0 bridgehead atoms. The Bertz CT molecular complexity index is 836. The van der Waals surface area contributed by atoms with Crippen molar-refractivity contribution >= 4 is 28.9 Å². The summed E-state index contributed by atoms with van der Waals surface area (Å²) in [6.07, 6.45) is 1.55. The van der Waals surface area contributed by atoms with Crippen molar-refractivity contribution in [3.63, 3.8) is 0 Å². The van der Waals surface area contributed by atoms with Crippen LogP contribution in [0.2, 0.25) is 0 Å². The minimum atomic E-state index is -0.911. The van der Waals surface area contributed by atoms with Gasteiger partial charge < -0.3 is 15.4 Å². The van der Waals surface area contributed by atoms with E-state index in [-0.39, 0.29) is 23.5 Å². The van der Waals surface area contributed by atoms with Crippen molar-refractivity contribution < 1.29 is 19.2 Å². The Kier molecular flexibility index (Phi) is 6.05. The first-order chi connectivity index (χ1) is 12.4. The van der Waals surface area contributed by atoms with Crippen LogP contribution in [-0.4, -0.2) is 30.0 Å². The van der Waals surface area contributed by atoms with Crippen LogP contribution in [0.4, 0.5) is 17.1 Å². The van der Waals surface area contributed by atoms with Crippen LogP contribution < -0.4 is 10.6 Å². The molecule has 8 nitrogen and oxygen atoms in total. The smallest absolute Gasteiger partial charge is 0.341 e. The number of nitro benzene ring substituents is 1. The second kappa shape index (κ2) is 8.43. The fraction of sp³-hybridized carbons (Fsp3) is 0.111. The predicted molar refractivity (Wildman–Crippen MR) is 96.8 cm³/mol. The van der Waals surface area contributed by atoms with E-state index in [1.54, 1.807) is 30.3 Å². The van der Waals surface area contributed by atoms with E-state index in [4.69, 9.17) is 10.5 Å². The van der Waals surface area contributed by atoms with Gasteiger partial charge in [-0.1, -0.05) is 24.3 Å². The number of non-ortho nitro benzene ring substituents is 1. The molecule has 2 N–H and O–H groups in total. The maximum absolute atomic E-state index is 12.4. The quantitative estimate of drug-likeness (QED) is 0.268. The molecule has 0 aromatic heterocycles. The average molecular weight is 355 g/mol. The zero-order valence-electron chi connectivity index (χ0n) is 13.8. The molecule has 0 atom stereocenters. The first kappa shape index (κ1) is 18.7. The summed E-state index contributed by atoms with van der Waals surface area (Å²) in [6, 6.07) is 12.3. The van der Waals surface area contributed by atoms with E-state index < -0.39 is 23.4 Å². The summed E-state index contributed by atoms with van der Waals surface area (Å²) in [5, 5.41) is 10.8. The van der Waals surface area contributed by atoms with Gasteiger partial charge in [0.1, 0.15) is 0 Å². The Labute approximate surface area is 149 Å². The minimum absolute atomic E-state index is 0.0269. The van der Waals surface area contributed by atoms with Crippen LogP contribution in [0.5, 0.6) is 0 Å². The van der Waals surface area contributed by atoms with Gasteiger partial charge in [0, 0.05) is 30.1 Å². The molecule has 134 valence electrons. The zero-order valence-corrected chi connectivity index (χ0v) is 13.8. The second-order valence-corrected chi connectivity index (χ2v) is 5.23. The third kappa shape index (κ3) is 4.44. The number of nitro groups is 1. The lowest BCUT2D eigenvalue weighted by molar-refractivity contribution is -0.384. The largest absolute Gasteiger partial charge is 0.452 e. The van der Waals surface area contributed by atoms with Gasteiger partial charge in [-0.2, -0.15) is 0 Å². The van der Waals surface area contributed by atoms with Crippen LogP contribution in [0, 0.1) is 10.1 Å². The zero-order chi connectivity index (χ0) is 19.1. The van der Waals surface area contributed by atoms with Crippen LogP contribution in [-0.2, 0) is 9.53 Å². The molecule has 1 amide bonds. The van der Waals surface area contributed by atoms with Crippen LogP contribution in [0.1, 0.15) is 10.4 Å². The third-order valence-corrected chi connectivity index (χ3v) is 3.47. The van der Waals surface area contributed by atoms with Crippen molar-refractivity contribution in [2.75, 3.05) is 23.8 Å². The molecule has 0 saturated carbocycles. The van der Waals surface area contributed by atoms with E-state index in [0.717, 1.165) is 6.07 Å². The van der Waals surface area contributed by atoms with Crippen molar-refractivity contribution in [2.45, 2.75) is 0 Å². The van der Waals surface area contributed by atoms with Gasteiger partial charge in [0.15, 0.2) is 6.61 Å². The summed E-state index contributed by atoms with van der Waals surface area (Å²) >= 11 is 0. The maximum atomic E-state index is 12.4. The Morgan fingerprint density at radius 2 is 1.92 bits per heavy atom. The first-order valence-corrected chi connectivity index (χ1v) is 7.61. The topological polar surface area (TPSA) is 116 Å². The summed E-state index contributed by atoms with van der Waals surface area (Å²) in [6.45, 7) is 3.30. The molecular weight excluding hydrogens is 338 g/mol. The van der Waals surface area contributed by atoms with E-state index in [2.05, 4.69) is 6.58 Å². The molecule has 0 spiro atoms. The second-order valence-electron chi connectivity index (χ2n) is 5.23. The number of nitrogens with two attached hydrogens (primary N) is 1. The summed E-state index contributed by atoms with van der Waals surface area (Å²) in [4.78, 5) is 36.1. The van der Waals surface area contributed by atoms with Crippen LogP contribution in [0.25, 0.3) is 0 Å². The van der Waals surface area contributed by atoms with Crippen molar-refractivity contribution in [2.24, 2.45) is 0 Å². The monoisotopic (exact) mass is 355 g/mol. The first-order valence-electron chi connectivity index (χ1n) is 7.61. The number of nitrogen functional groups attached to an aromatic ring is 1. The van der Waals surface area contributed by atoms with E-state index in [9.17, 15) is 19.7 Å². The molecule has 2 rings (SSSR count). The van der Waals surface area contributed by atoms with Gasteiger partial charge in [-0.05, 0) is 18.2 Å². The van der Waals surface area contributed by atoms with Gasteiger partial charge >= 0.3 is 5.97 Å². The molecule has 0 fully saturated rings. The summed E-state index contributed by atoms with van der Waals surface area (Å²) in [5.41, 5.74) is 5.86.